The molecule has 5 heteroatoms. The number of rotatable bonds is 7. The minimum absolute atomic E-state index is 0.0863. The quantitative estimate of drug-likeness (QED) is 0.531. The zero-order chi connectivity index (χ0) is 21.5. The maximum atomic E-state index is 12.6. The van der Waals surface area contributed by atoms with Crippen molar-refractivity contribution in [2.24, 2.45) is 5.92 Å². The van der Waals surface area contributed by atoms with Crippen LogP contribution in [0.4, 0.5) is 5.82 Å². The third kappa shape index (κ3) is 5.91. The number of phenolic OH excluding ortho intramolecular Hbond substituents is 1. The van der Waals surface area contributed by atoms with Crippen LogP contribution in [0.1, 0.15) is 49.8 Å². The molecule has 0 saturated heterocycles. The number of nitrogens with zero attached hydrogens (tertiary/aromatic N) is 2. The standard InChI is InChI=1S/C26H29N3O2/c30-22-14-12-21(13-15-22)24-18-27-26(29-25(31)17-20-9-5-2-6-10-20)23(28-24)16-11-19-7-3-1-4-8-19/h2,5-6,9-10,12-15,18-19,30H,1,3-4,7-8,11,16-17H2,(H,27,29,31). The van der Waals surface area contributed by atoms with Crippen molar-refractivity contribution in [2.75, 3.05) is 5.32 Å². The third-order valence-corrected chi connectivity index (χ3v) is 5.99. The van der Waals surface area contributed by atoms with Gasteiger partial charge in [0.05, 0.1) is 24.0 Å². The predicted molar refractivity (Wildman–Crippen MR) is 123 cm³/mol. The van der Waals surface area contributed by atoms with E-state index in [-0.39, 0.29) is 11.7 Å². The molecule has 1 heterocycles. The minimum atomic E-state index is -0.0863. The summed E-state index contributed by atoms with van der Waals surface area (Å²) >= 11 is 0. The molecule has 5 nitrogen and oxygen atoms in total. The summed E-state index contributed by atoms with van der Waals surface area (Å²) in [7, 11) is 0. The summed E-state index contributed by atoms with van der Waals surface area (Å²) in [5, 5.41) is 12.5. The van der Waals surface area contributed by atoms with Crippen LogP contribution in [0.15, 0.2) is 60.8 Å². The Labute approximate surface area is 183 Å². The lowest BCUT2D eigenvalue weighted by Crippen LogP contribution is -2.18. The summed E-state index contributed by atoms with van der Waals surface area (Å²) in [6.45, 7) is 0. The van der Waals surface area contributed by atoms with Gasteiger partial charge in [0.2, 0.25) is 5.91 Å². The number of anilines is 1. The van der Waals surface area contributed by atoms with Crippen LogP contribution in [0.3, 0.4) is 0 Å². The van der Waals surface area contributed by atoms with E-state index in [4.69, 9.17) is 4.98 Å². The van der Waals surface area contributed by atoms with Crippen LogP contribution in [0, 0.1) is 5.92 Å². The number of benzene rings is 2. The summed E-state index contributed by atoms with van der Waals surface area (Å²) < 4.78 is 0. The van der Waals surface area contributed by atoms with Gasteiger partial charge in [0.15, 0.2) is 5.82 Å². The summed E-state index contributed by atoms with van der Waals surface area (Å²) in [4.78, 5) is 22.0. The number of carbonyl (C=O) groups is 1. The molecule has 1 fully saturated rings. The van der Waals surface area contributed by atoms with E-state index < -0.39 is 0 Å². The van der Waals surface area contributed by atoms with Gasteiger partial charge in [-0.25, -0.2) is 9.97 Å². The average molecular weight is 416 g/mol. The highest BCUT2D eigenvalue weighted by Crippen LogP contribution is 2.29. The Bertz CT molecular complexity index is 997. The molecule has 160 valence electrons. The molecule has 0 bridgehead atoms. The van der Waals surface area contributed by atoms with Gasteiger partial charge in [-0.2, -0.15) is 0 Å². The number of aromatic hydroxyl groups is 1. The molecule has 1 aliphatic carbocycles. The first-order valence-corrected chi connectivity index (χ1v) is 11.2. The van der Waals surface area contributed by atoms with Crippen molar-refractivity contribution in [1.82, 2.24) is 9.97 Å². The molecule has 1 saturated carbocycles. The highest BCUT2D eigenvalue weighted by molar-refractivity contribution is 5.91. The van der Waals surface area contributed by atoms with Gasteiger partial charge >= 0.3 is 0 Å². The van der Waals surface area contributed by atoms with Gasteiger partial charge in [0.1, 0.15) is 5.75 Å². The SMILES string of the molecule is O=C(Cc1ccccc1)Nc1ncc(-c2ccc(O)cc2)nc1CCC1CCCCC1. The number of aromatic nitrogens is 2. The Hall–Kier alpha value is -3.21. The molecule has 2 aromatic carbocycles. The first kappa shape index (κ1) is 21.0. The number of carbonyl (C=O) groups excluding carboxylic acids is 1. The lowest BCUT2D eigenvalue weighted by Gasteiger charge is -2.21. The lowest BCUT2D eigenvalue weighted by atomic mass is 9.86. The second-order valence-electron chi connectivity index (χ2n) is 8.35. The zero-order valence-corrected chi connectivity index (χ0v) is 17.8. The molecule has 1 amide bonds. The molecular formula is C26H29N3O2. The fourth-order valence-corrected chi connectivity index (χ4v) is 4.25. The van der Waals surface area contributed by atoms with E-state index in [9.17, 15) is 9.90 Å². The van der Waals surface area contributed by atoms with Crippen molar-refractivity contribution >= 4 is 11.7 Å². The smallest absolute Gasteiger partial charge is 0.229 e. The summed E-state index contributed by atoms with van der Waals surface area (Å²) in [6, 6.07) is 16.7. The Morgan fingerprint density at radius 1 is 1.00 bits per heavy atom. The Morgan fingerprint density at radius 3 is 2.48 bits per heavy atom. The topological polar surface area (TPSA) is 75.1 Å². The van der Waals surface area contributed by atoms with E-state index in [1.807, 2.05) is 42.5 Å². The Balaban J connectivity index is 1.53. The highest BCUT2D eigenvalue weighted by atomic mass is 16.3. The molecule has 4 rings (SSSR count). The van der Waals surface area contributed by atoms with Crippen molar-refractivity contribution in [3.63, 3.8) is 0 Å². The van der Waals surface area contributed by atoms with Gasteiger partial charge in [0, 0.05) is 5.56 Å². The van der Waals surface area contributed by atoms with E-state index in [2.05, 4.69) is 10.3 Å². The Morgan fingerprint density at radius 2 is 1.74 bits per heavy atom. The van der Waals surface area contributed by atoms with Gasteiger partial charge < -0.3 is 10.4 Å². The number of nitrogens with one attached hydrogen (secondary N) is 1. The van der Waals surface area contributed by atoms with Crippen LogP contribution >= 0.6 is 0 Å². The Kier molecular flexibility index (Phi) is 6.92. The van der Waals surface area contributed by atoms with Gasteiger partial charge in [-0.1, -0.05) is 62.4 Å². The number of hydrogen-bond donors (Lipinski definition) is 2. The fourth-order valence-electron chi connectivity index (χ4n) is 4.25. The monoisotopic (exact) mass is 415 g/mol. The summed E-state index contributed by atoms with van der Waals surface area (Å²) in [5.41, 5.74) is 3.45. The molecule has 3 aromatic rings. The largest absolute Gasteiger partial charge is 0.508 e. The van der Waals surface area contributed by atoms with Crippen molar-refractivity contribution < 1.29 is 9.90 Å². The fraction of sp³-hybridized carbons (Fsp3) is 0.346. The highest BCUT2D eigenvalue weighted by Gasteiger charge is 2.17. The minimum Gasteiger partial charge on any atom is -0.508 e. The molecule has 1 aliphatic rings. The van der Waals surface area contributed by atoms with E-state index in [1.54, 1.807) is 18.3 Å². The normalized spacial score (nSPS) is 14.3. The molecule has 31 heavy (non-hydrogen) atoms. The number of amides is 1. The van der Waals surface area contributed by atoms with E-state index in [0.29, 0.717) is 12.2 Å². The van der Waals surface area contributed by atoms with Crippen LogP contribution < -0.4 is 5.32 Å². The molecule has 2 N–H and O–H groups in total. The van der Waals surface area contributed by atoms with Crippen LogP contribution in [0.25, 0.3) is 11.3 Å². The van der Waals surface area contributed by atoms with Crippen LogP contribution in [0.2, 0.25) is 0 Å². The van der Waals surface area contributed by atoms with Crippen molar-refractivity contribution in [3.8, 4) is 17.0 Å². The molecule has 0 aliphatic heterocycles. The lowest BCUT2D eigenvalue weighted by molar-refractivity contribution is -0.115. The maximum absolute atomic E-state index is 12.6. The first-order valence-electron chi connectivity index (χ1n) is 11.2. The number of hydrogen-bond acceptors (Lipinski definition) is 4. The third-order valence-electron chi connectivity index (χ3n) is 5.99. The summed E-state index contributed by atoms with van der Waals surface area (Å²) in [5.74, 6) is 1.41. The van der Waals surface area contributed by atoms with E-state index >= 15 is 0 Å². The average Bonchev–Trinajstić information content (AvgIpc) is 2.80. The predicted octanol–water partition coefficient (Wildman–Crippen LogP) is 5.54. The van der Waals surface area contributed by atoms with Crippen LogP contribution in [0.5, 0.6) is 5.75 Å². The van der Waals surface area contributed by atoms with E-state index in [1.165, 1.54) is 32.1 Å². The van der Waals surface area contributed by atoms with Gasteiger partial charge in [-0.15, -0.1) is 0 Å². The van der Waals surface area contributed by atoms with E-state index in [0.717, 1.165) is 41.3 Å². The van der Waals surface area contributed by atoms with Gasteiger partial charge in [-0.3, -0.25) is 4.79 Å². The number of aryl methyl sites for hydroxylation is 1. The zero-order valence-electron chi connectivity index (χ0n) is 17.8. The van der Waals surface area contributed by atoms with Crippen molar-refractivity contribution in [2.45, 2.75) is 51.4 Å². The second kappa shape index (κ2) is 10.2. The molecule has 0 radical (unpaired) electrons. The molecule has 1 aromatic heterocycles. The van der Waals surface area contributed by atoms with Gasteiger partial charge in [0.25, 0.3) is 0 Å². The molecule has 0 unspecified atom stereocenters. The first-order chi connectivity index (χ1) is 15.2. The second-order valence-corrected chi connectivity index (χ2v) is 8.35. The van der Waals surface area contributed by atoms with Gasteiger partial charge in [-0.05, 0) is 48.6 Å². The van der Waals surface area contributed by atoms with Crippen molar-refractivity contribution in [1.29, 1.82) is 0 Å². The summed E-state index contributed by atoms with van der Waals surface area (Å²) in [6.07, 6.45) is 10.4. The maximum Gasteiger partial charge on any atom is 0.229 e. The molecule has 0 spiro atoms. The van der Waals surface area contributed by atoms with Crippen LogP contribution in [-0.2, 0) is 17.6 Å². The van der Waals surface area contributed by atoms with Crippen molar-refractivity contribution in [3.05, 3.63) is 72.1 Å². The molecule has 0 atom stereocenters. The number of phenols is 1. The molecular weight excluding hydrogens is 386 g/mol. The van der Waals surface area contributed by atoms with Crippen LogP contribution in [-0.4, -0.2) is 21.0 Å².